The van der Waals surface area contributed by atoms with Crippen LogP contribution in [0.1, 0.15) is 5.69 Å². The zero-order valence-corrected chi connectivity index (χ0v) is 8.62. The van der Waals surface area contributed by atoms with Crippen molar-refractivity contribution in [3.05, 3.63) is 28.9 Å². The van der Waals surface area contributed by atoms with E-state index in [1.807, 2.05) is 6.07 Å². The van der Waals surface area contributed by atoms with Crippen LogP contribution in [0.15, 0.2) is 18.2 Å². The highest BCUT2D eigenvalue weighted by molar-refractivity contribution is 6.36. The van der Waals surface area contributed by atoms with Crippen LogP contribution in [0.3, 0.4) is 0 Å². The molecule has 0 atom stereocenters. The monoisotopic (exact) mass is 219 g/mol. The van der Waals surface area contributed by atoms with Crippen LogP contribution in [0.25, 0.3) is 10.9 Å². The molecule has 0 aliphatic rings. The predicted octanol–water partition coefficient (Wildman–Crippen LogP) is 2.16. The van der Waals surface area contributed by atoms with Gasteiger partial charge in [0.25, 0.3) is 0 Å². The molecule has 0 bridgehead atoms. The van der Waals surface area contributed by atoms with Crippen molar-refractivity contribution in [2.75, 3.05) is 7.11 Å². The molecule has 1 heterocycles. The van der Waals surface area contributed by atoms with Crippen LogP contribution in [0, 0.1) is 11.3 Å². The van der Waals surface area contributed by atoms with Crippen LogP contribution in [0.2, 0.25) is 5.02 Å². The average Bonchev–Trinajstić information content (AvgIpc) is 2.29. The summed E-state index contributed by atoms with van der Waals surface area (Å²) >= 11 is 5.99. The molecule has 2 aromatic rings. The molecule has 74 valence electrons. The van der Waals surface area contributed by atoms with E-state index in [0.29, 0.717) is 21.7 Å². The number of halogens is 1. The van der Waals surface area contributed by atoms with Gasteiger partial charge in [0.1, 0.15) is 11.8 Å². The maximum absolute atomic E-state index is 8.74. The summed E-state index contributed by atoms with van der Waals surface area (Å²) in [5, 5.41) is 17.3. The standard InChI is InChI=1S/C10H6ClN3O/c1-15-6-2-3-8-7(4-6)10(11)9(5-12)14-13-8/h2-4H,1H3. The summed E-state index contributed by atoms with van der Waals surface area (Å²) in [6.45, 7) is 0. The molecular formula is C10H6ClN3O. The molecule has 0 aliphatic carbocycles. The summed E-state index contributed by atoms with van der Waals surface area (Å²) in [6.07, 6.45) is 0. The Morgan fingerprint density at radius 1 is 1.40 bits per heavy atom. The SMILES string of the molecule is COc1ccc2nnc(C#N)c(Cl)c2c1. The largest absolute Gasteiger partial charge is 0.497 e. The van der Waals surface area contributed by atoms with E-state index < -0.39 is 0 Å². The molecule has 0 saturated carbocycles. The van der Waals surface area contributed by atoms with Gasteiger partial charge in [0.2, 0.25) is 0 Å². The van der Waals surface area contributed by atoms with E-state index in [0.717, 1.165) is 0 Å². The van der Waals surface area contributed by atoms with Gasteiger partial charge in [0.15, 0.2) is 5.69 Å². The number of aromatic nitrogens is 2. The Kier molecular flexibility index (Phi) is 2.40. The lowest BCUT2D eigenvalue weighted by Gasteiger charge is -2.03. The van der Waals surface area contributed by atoms with Crippen LogP contribution >= 0.6 is 11.6 Å². The minimum atomic E-state index is 0.123. The molecular weight excluding hydrogens is 214 g/mol. The molecule has 5 heteroatoms. The highest BCUT2D eigenvalue weighted by Gasteiger charge is 2.08. The molecule has 0 saturated heterocycles. The van der Waals surface area contributed by atoms with Gasteiger partial charge in [0, 0.05) is 5.39 Å². The second kappa shape index (κ2) is 3.71. The summed E-state index contributed by atoms with van der Waals surface area (Å²) in [5.41, 5.74) is 0.761. The number of ether oxygens (including phenoxy) is 1. The van der Waals surface area contributed by atoms with Gasteiger partial charge in [-0.3, -0.25) is 0 Å². The van der Waals surface area contributed by atoms with Gasteiger partial charge in [0.05, 0.1) is 17.6 Å². The van der Waals surface area contributed by atoms with Gasteiger partial charge in [-0.15, -0.1) is 10.2 Å². The maximum atomic E-state index is 8.74. The minimum absolute atomic E-state index is 0.123. The summed E-state index contributed by atoms with van der Waals surface area (Å²) in [4.78, 5) is 0. The molecule has 0 N–H and O–H groups in total. The van der Waals surface area contributed by atoms with E-state index in [-0.39, 0.29) is 5.69 Å². The lowest BCUT2D eigenvalue weighted by molar-refractivity contribution is 0.415. The van der Waals surface area contributed by atoms with Crippen molar-refractivity contribution >= 4 is 22.5 Å². The molecule has 1 aromatic heterocycles. The average molecular weight is 220 g/mol. The number of benzene rings is 1. The van der Waals surface area contributed by atoms with Crippen molar-refractivity contribution in [1.82, 2.24) is 10.2 Å². The minimum Gasteiger partial charge on any atom is -0.497 e. The number of rotatable bonds is 1. The molecule has 0 amide bonds. The molecule has 2 rings (SSSR count). The zero-order chi connectivity index (χ0) is 10.8. The fraction of sp³-hybridized carbons (Fsp3) is 0.100. The number of methoxy groups -OCH3 is 1. The fourth-order valence-electron chi connectivity index (χ4n) is 1.25. The number of fused-ring (bicyclic) bond motifs is 1. The van der Waals surface area contributed by atoms with Crippen LogP contribution in [0.5, 0.6) is 5.75 Å². The van der Waals surface area contributed by atoms with E-state index in [9.17, 15) is 0 Å². The highest BCUT2D eigenvalue weighted by Crippen LogP contribution is 2.27. The van der Waals surface area contributed by atoms with Crippen molar-refractivity contribution in [1.29, 1.82) is 5.26 Å². The van der Waals surface area contributed by atoms with E-state index in [2.05, 4.69) is 10.2 Å². The Hall–Kier alpha value is -1.86. The molecule has 0 unspecified atom stereocenters. The van der Waals surface area contributed by atoms with Gasteiger partial charge in [-0.25, -0.2) is 0 Å². The third-order valence-electron chi connectivity index (χ3n) is 2.01. The van der Waals surface area contributed by atoms with E-state index in [1.165, 1.54) is 0 Å². The summed E-state index contributed by atoms with van der Waals surface area (Å²) in [5.74, 6) is 0.668. The van der Waals surface area contributed by atoms with Crippen LogP contribution in [0.4, 0.5) is 0 Å². The lowest BCUT2D eigenvalue weighted by Crippen LogP contribution is -1.92. The Morgan fingerprint density at radius 2 is 2.20 bits per heavy atom. The molecule has 0 spiro atoms. The van der Waals surface area contributed by atoms with Gasteiger partial charge in [-0.1, -0.05) is 11.6 Å². The first-order valence-corrected chi connectivity index (χ1v) is 4.54. The predicted molar refractivity (Wildman–Crippen MR) is 55.8 cm³/mol. The van der Waals surface area contributed by atoms with E-state index >= 15 is 0 Å². The third-order valence-corrected chi connectivity index (χ3v) is 2.39. The molecule has 4 nitrogen and oxygen atoms in total. The molecule has 1 aromatic carbocycles. The van der Waals surface area contributed by atoms with Crippen molar-refractivity contribution in [2.24, 2.45) is 0 Å². The molecule has 0 radical (unpaired) electrons. The van der Waals surface area contributed by atoms with Crippen molar-refractivity contribution < 1.29 is 4.74 Å². The second-order valence-electron chi connectivity index (χ2n) is 2.86. The van der Waals surface area contributed by atoms with Crippen molar-refractivity contribution in [3.8, 4) is 11.8 Å². The topological polar surface area (TPSA) is 58.8 Å². The lowest BCUT2D eigenvalue weighted by atomic mass is 10.2. The first-order valence-electron chi connectivity index (χ1n) is 4.16. The Balaban J connectivity index is 2.79. The van der Waals surface area contributed by atoms with Crippen LogP contribution in [-0.2, 0) is 0 Å². The third kappa shape index (κ3) is 1.58. The summed E-state index contributed by atoms with van der Waals surface area (Å²) < 4.78 is 5.06. The fourth-order valence-corrected chi connectivity index (χ4v) is 1.48. The molecule has 0 fully saturated rings. The zero-order valence-electron chi connectivity index (χ0n) is 7.86. The van der Waals surface area contributed by atoms with Gasteiger partial charge < -0.3 is 4.74 Å². The van der Waals surface area contributed by atoms with E-state index in [4.69, 9.17) is 21.6 Å². The normalized spacial score (nSPS) is 9.93. The first-order chi connectivity index (χ1) is 7.26. The maximum Gasteiger partial charge on any atom is 0.182 e. The first kappa shape index (κ1) is 9.69. The number of hydrogen-bond donors (Lipinski definition) is 0. The Morgan fingerprint density at radius 3 is 2.87 bits per heavy atom. The number of nitriles is 1. The van der Waals surface area contributed by atoms with Crippen molar-refractivity contribution in [3.63, 3.8) is 0 Å². The van der Waals surface area contributed by atoms with Crippen LogP contribution < -0.4 is 4.74 Å². The smallest absolute Gasteiger partial charge is 0.182 e. The van der Waals surface area contributed by atoms with Gasteiger partial charge in [-0.2, -0.15) is 5.26 Å². The molecule has 0 aliphatic heterocycles. The van der Waals surface area contributed by atoms with Gasteiger partial charge >= 0.3 is 0 Å². The van der Waals surface area contributed by atoms with Gasteiger partial charge in [-0.05, 0) is 18.2 Å². The molecule has 15 heavy (non-hydrogen) atoms. The second-order valence-corrected chi connectivity index (χ2v) is 3.24. The Labute approximate surface area is 91.1 Å². The Bertz CT molecular complexity index is 562. The van der Waals surface area contributed by atoms with Crippen molar-refractivity contribution in [2.45, 2.75) is 0 Å². The van der Waals surface area contributed by atoms with E-state index in [1.54, 1.807) is 25.3 Å². The summed E-state index contributed by atoms with van der Waals surface area (Å²) in [7, 11) is 1.56. The highest BCUT2D eigenvalue weighted by atomic mass is 35.5. The number of nitrogens with zero attached hydrogens (tertiary/aromatic N) is 3. The van der Waals surface area contributed by atoms with Crippen LogP contribution in [-0.4, -0.2) is 17.3 Å². The quantitative estimate of drug-likeness (QED) is 0.738. The number of hydrogen-bond acceptors (Lipinski definition) is 4. The summed E-state index contributed by atoms with van der Waals surface area (Å²) in [6, 6.07) is 7.12.